The van der Waals surface area contributed by atoms with Crippen LogP contribution in [0.2, 0.25) is 0 Å². The fourth-order valence-corrected chi connectivity index (χ4v) is 2.90. The molecule has 2 rings (SSSR count). The Morgan fingerprint density at radius 3 is 2.71 bits per heavy atom. The van der Waals surface area contributed by atoms with E-state index in [0.717, 1.165) is 45.0 Å². The molecule has 1 aliphatic rings. The third-order valence-electron chi connectivity index (χ3n) is 4.11. The van der Waals surface area contributed by atoms with Gasteiger partial charge in [0, 0.05) is 25.2 Å². The summed E-state index contributed by atoms with van der Waals surface area (Å²) in [4.78, 5) is 2.49. The minimum atomic E-state index is 0.263. The Kier molecular flexibility index (Phi) is 6.49. The van der Waals surface area contributed by atoms with Gasteiger partial charge >= 0.3 is 0 Å². The van der Waals surface area contributed by atoms with Crippen LogP contribution in [0.25, 0.3) is 0 Å². The molecule has 4 heteroatoms. The van der Waals surface area contributed by atoms with Crippen LogP contribution < -0.4 is 10.5 Å². The smallest absolute Gasteiger partial charge is 0.119 e. The lowest BCUT2D eigenvalue weighted by Crippen LogP contribution is -2.48. The van der Waals surface area contributed by atoms with Crippen molar-refractivity contribution in [2.24, 2.45) is 5.73 Å². The SMILES string of the molecule is CCCOc1ccc(C(CN)N2CCOCC2CC)cc1. The van der Waals surface area contributed by atoms with E-state index in [1.807, 2.05) is 0 Å². The fourth-order valence-electron chi connectivity index (χ4n) is 2.90. The Morgan fingerprint density at radius 1 is 1.33 bits per heavy atom. The van der Waals surface area contributed by atoms with Gasteiger partial charge in [-0.15, -0.1) is 0 Å². The molecule has 0 saturated carbocycles. The fraction of sp³-hybridized carbons (Fsp3) is 0.647. The highest BCUT2D eigenvalue weighted by Gasteiger charge is 2.28. The van der Waals surface area contributed by atoms with Crippen molar-refractivity contribution in [2.75, 3.05) is 32.9 Å². The van der Waals surface area contributed by atoms with Crippen LogP contribution in [-0.4, -0.2) is 43.9 Å². The van der Waals surface area contributed by atoms with E-state index < -0.39 is 0 Å². The first kappa shape index (κ1) is 16.3. The molecular weight excluding hydrogens is 264 g/mol. The molecule has 1 fully saturated rings. The monoisotopic (exact) mass is 292 g/mol. The molecular formula is C17H28N2O2. The first-order valence-corrected chi connectivity index (χ1v) is 8.06. The molecule has 1 heterocycles. The second-order valence-corrected chi connectivity index (χ2v) is 5.54. The Bertz CT molecular complexity index is 408. The largest absolute Gasteiger partial charge is 0.494 e. The Hall–Kier alpha value is -1.10. The molecule has 2 N–H and O–H groups in total. The maximum Gasteiger partial charge on any atom is 0.119 e. The molecule has 0 amide bonds. The average molecular weight is 292 g/mol. The minimum Gasteiger partial charge on any atom is -0.494 e. The van der Waals surface area contributed by atoms with Crippen LogP contribution in [0.4, 0.5) is 0 Å². The summed E-state index contributed by atoms with van der Waals surface area (Å²) in [5.41, 5.74) is 7.32. The molecule has 2 atom stereocenters. The van der Waals surface area contributed by atoms with Crippen molar-refractivity contribution in [3.63, 3.8) is 0 Å². The van der Waals surface area contributed by atoms with Gasteiger partial charge < -0.3 is 15.2 Å². The average Bonchev–Trinajstić information content (AvgIpc) is 2.55. The van der Waals surface area contributed by atoms with E-state index in [1.54, 1.807) is 0 Å². The lowest BCUT2D eigenvalue weighted by Gasteiger charge is -2.40. The Labute approximate surface area is 128 Å². The molecule has 0 radical (unpaired) electrons. The second-order valence-electron chi connectivity index (χ2n) is 5.54. The van der Waals surface area contributed by atoms with Gasteiger partial charge in [-0.2, -0.15) is 0 Å². The first-order valence-electron chi connectivity index (χ1n) is 8.06. The summed E-state index contributed by atoms with van der Waals surface area (Å²) in [5, 5.41) is 0. The number of hydrogen-bond donors (Lipinski definition) is 1. The van der Waals surface area contributed by atoms with Gasteiger partial charge in [-0.05, 0) is 30.5 Å². The van der Waals surface area contributed by atoms with E-state index >= 15 is 0 Å². The molecule has 21 heavy (non-hydrogen) atoms. The van der Waals surface area contributed by atoms with Gasteiger partial charge in [-0.1, -0.05) is 26.0 Å². The molecule has 0 aromatic heterocycles. The summed E-state index contributed by atoms with van der Waals surface area (Å²) in [7, 11) is 0. The van der Waals surface area contributed by atoms with Crippen LogP contribution in [0, 0.1) is 0 Å². The van der Waals surface area contributed by atoms with Crippen molar-refractivity contribution in [2.45, 2.75) is 38.8 Å². The molecule has 118 valence electrons. The standard InChI is InChI=1S/C17H28N2O2/c1-3-10-21-16-7-5-14(6-8-16)17(12-18)19-9-11-20-13-15(19)4-2/h5-8,15,17H,3-4,9-13,18H2,1-2H3. The number of benzene rings is 1. The normalized spacial score (nSPS) is 21.2. The van der Waals surface area contributed by atoms with E-state index in [2.05, 4.69) is 43.0 Å². The zero-order valence-corrected chi connectivity index (χ0v) is 13.3. The maximum absolute atomic E-state index is 6.06. The van der Waals surface area contributed by atoms with Crippen molar-refractivity contribution >= 4 is 0 Å². The number of nitrogens with zero attached hydrogens (tertiary/aromatic N) is 1. The van der Waals surface area contributed by atoms with Gasteiger partial charge in [0.05, 0.1) is 19.8 Å². The summed E-state index contributed by atoms with van der Waals surface area (Å²) in [5.74, 6) is 0.936. The van der Waals surface area contributed by atoms with Crippen LogP contribution in [0.5, 0.6) is 5.75 Å². The molecule has 0 aliphatic carbocycles. The molecule has 2 unspecified atom stereocenters. The number of ether oxygens (including phenoxy) is 2. The molecule has 1 saturated heterocycles. The van der Waals surface area contributed by atoms with Crippen LogP contribution in [0.1, 0.15) is 38.3 Å². The van der Waals surface area contributed by atoms with Crippen molar-refractivity contribution in [1.82, 2.24) is 4.90 Å². The molecule has 0 spiro atoms. The second kappa shape index (κ2) is 8.37. The zero-order chi connectivity index (χ0) is 15.1. The summed E-state index contributed by atoms with van der Waals surface area (Å²) < 4.78 is 11.2. The minimum absolute atomic E-state index is 0.263. The Morgan fingerprint density at radius 2 is 2.10 bits per heavy atom. The van der Waals surface area contributed by atoms with Crippen LogP contribution in [0.15, 0.2) is 24.3 Å². The van der Waals surface area contributed by atoms with Gasteiger partial charge in [-0.3, -0.25) is 4.90 Å². The van der Waals surface area contributed by atoms with Crippen molar-refractivity contribution < 1.29 is 9.47 Å². The molecule has 1 aliphatic heterocycles. The number of rotatable bonds is 7. The van der Waals surface area contributed by atoms with Crippen molar-refractivity contribution in [1.29, 1.82) is 0 Å². The zero-order valence-electron chi connectivity index (χ0n) is 13.3. The van der Waals surface area contributed by atoms with E-state index in [0.29, 0.717) is 12.6 Å². The highest BCUT2D eigenvalue weighted by molar-refractivity contribution is 5.29. The summed E-state index contributed by atoms with van der Waals surface area (Å²) in [6.45, 7) is 8.28. The van der Waals surface area contributed by atoms with Crippen molar-refractivity contribution in [3.8, 4) is 5.75 Å². The topological polar surface area (TPSA) is 47.7 Å². The van der Waals surface area contributed by atoms with Crippen LogP contribution >= 0.6 is 0 Å². The highest BCUT2D eigenvalue weighted by atomic mass is 16.5. The molecule has 0 bridgehead atoms. The van der Waals surface area contributed by atoms with Gasteiger partial charge in [0.25, 0.3) is 0 Å². The number of morpholine rings is 1. The van der Waals surface area contributed by atoms with E-state index in [9.17, 15) is 0 Å². The highest BCUT2D eigenvalue weighted by Crippen LogP contribution is 2.26. The third kappa shape index (κ3) is 4.19. The van der Waals surface area contributed by atoms with Gasteiger partial charge in [-0.25, -0.2) is 0 Å². The number of hydrogen-bond acceptors (Lipinski definition) is 4. The Balaban J connectivity index is 2.08. The number of nitrogens with two attached hydrogens (primary N) is 1. The van der Waals surface area contributed by atoms with Gasteiger partial charge in [0.15, 0.2) is 0 Å². The van der Waals surface area contributed by atoms with Crippen LogP contribution in [-0.2, 0) is 4.74 Å². The summed E-state index contributed by atoms with van der Waals surface area (Å²) in [6, 6.07) is 9.11. The predicted octanol–water partition coefficient (Wildman–Crippen LogP) is 2.59. The van der Waals surface area contributed by atoms with E-state index in [4.69, 9.17) is 15.2 Å². The molecule has 4 nitrogen and oxygen atoms in total. The summed E-state index contributed by atoms with van der Waals surface area (Å²) in [6.07, 6.45) is 2.12. The molecule has 1 aromatic rings. The van der Waals surface area contributed by atoms with Crippen LogP contribution in [0.3, 0.4) is 0 Å². The third-order valence-corrected chi connectivity index (χ3v) is 4.11. The predicted molar refractivity (Wildman–Crippen MR) is 85.6 cm³/mol. The first-order chi connectivity index (χ1) is 10.3. The van der Waals surface area contributed by atoms with Crippen molar-refractivity contribution in [3.05, 3.63) is 29.8 Å². The lowest BCUT2D eigenvalue weighted by molar-refractivity contribution is -0.0291. The quantitative estimate of drug-likeness (QED) is 0.839. The molecule has 1 aromatic carbocycles. The van der Waals surface area contributed by atoms with E-state index in [-0.39, 0.29) is 6.04 Å². The summed E-state index contributed by atoms with van der Waals surface area (Å²) >= 11 is 0. The van der Waals surface area contributed by atoms with Gasteiger partial charge in [0.2, 0.25) is 0 Å². The lowest BCUT2D eigenvalue weighted by atomic mass is 10.0. The van der Waals surface area contributed by atoms with Gasteiger partial charge in [0.1, 0.15) is 5.75 Å². The maximum atomic E-state index is 6.06. The van der Waals surface area contributed by atoms with E-state index in [1.165, 1.54) is 5.56 Å².